The Labute approximate surface area is 147 Å². The predicted octanol–water partition coefficient (Wildman–Crippen LogP) is 1.94. The van der Waals surface area contributed by atoms with Crippen LogP contribution in [0.25, 0.3) is 0 Å². The molecule has 1 aromatic carbocycles. The molecular formula is C19H25N3O3. The summed E-state index contributed by atoms with van der Waals surface area (Å²) in [6, 6.07) is 4.71. The number of imide groups is 1. The van der Waals surface area contributed by atoms with Gasteiger partial charge in [-0.2, -0.15) is 0 Å². The quantitative estimate of drug-likeness (QED) is 0.740. The Morgan fingerprint density at radius 3 is 2.56 bits per heavy atom. The van der Waals surface area contributed by atoms with Crippen LogP contribution in [0.5, 0.6) is 0 Å². The molecular weight excluding hydrogens is 318 g/mol. The van der Waals surface area contributed by atoms with Crippen LogP contribution in [0.4, 0.5) is 0 Å². The lowest BCUT2D eigenvalue weighted by atomic mass is 9.95. The van der Waals surface area contributed by atoms with Crippen molar-refractivity contribution in [3.05, 3.63) is 34.9 Å². The van der Waals surface area contributed by atoms with Crippen LogP contribution in [0, 0.1) is 5.92 Å². The number of hydrogen-bond donors (Lipinski definition) is 2. The molecule has 3 rings (SSSR count). The average Bonchev–Trinajstić information content (AvgIpc) is 3.43. The number of benzene rings is 1. The van der Waals surface area contributed by atoms with Gasteiger partial charge in [0.1, 0.15) is 0 Å². The number of carbonyl (C=O) groups excluding carboxylic acids is 3. The maximum Gasteiger partial charge on any atom is 0.261 e. The normalized spacial score (nSPS) is 18.9. The van der Waals surface area contributed by atoms with Gasteiger partial charge in [0.25, 0.3) is 17.7 Å². The Morgan fingerprint density at radius 2 is 1.96 bits per heavy atom. The van der Waals surface area contributed by atoms with Crippen LogP contribution >= 0.6 is 0 Å². The molecule has 0 aromatic heterocycles. The highest BCUT2D eigenvalue weighted by Crippen LogP contribution is 2.39. The van der Waals surface area contributed by atoms with Gasteiger partial charge < -0.3 is 11.1 Å². The molecule has 1 atom stereocenters. The van der Waals surface area contributed by atoms with Gasteiger partial charge in [0.2, 0.25) is 0 Å². The van der Waals surface area contributed by atoms with Gasteiger partial charge in [-0.3, -0.25) is 19.3 Å². The van der Waals surface area contributed by atoms with Gasteiger partial charge in [-0.25, -0.2) is 0 Å². The first kappa shape index (κ1) is 17.6. The van der Waals surface area contributed by atoms with Gasteiger partial charge in [-0.1, -0.05) is 13.3 Å². The van der Waals surface area contributed by atoms with Crippen LogP contribution in [-0.4, -0.2) is 41.2 Å². The van der Waals surface area contributed by atoms with E-state index in [-0.39, 0.29) is 17.7 Å². The van der Waals surface area contributed by atoms with E-state index >= 15 is 0 Å². The zero-order chi connectivity index (χ0) is 18.2. The van der Waals surface area contributed by atoms with E-state index in [0.717, 1.165) is 25.7 Å². The number of fused-ring (bicyclic) bond motifs is 1. The van der Waals surface area contributed by atoms with E-state index in [9.17, 15) is 14.4 Å². The number of unbranched alkanes of at least 4 members (excludes halogenated alkanes) is 1. The zero-order valence-electron chi connectivity index (χ0n) is 14.8. The Hall–Kier alpha value is -2.21. The van der Waals surface area contributed by atoms with E-state index in [1.54, 1.807) is 12.1 Å². The molecule has 3 amide bonds. The second kappa shape index (κ2) is 6.59. The van der Waals surface area contributed by atoms with Crippen LogP contribution in [0.3, 0.4) is 0 Å². The molecule has 25 heavy (non-hydrogen) atoms. The second-order valence-electron chi connectivity index (χ2n) is 7.23. The Balaban J connectivity index is 1.80. The molecule has 6 nitrogen and oxygen atoms in total. The predicted molar refractivity (Wildman–Crippen MR) is 94.4 cm³/mol. The first-order valence-electron chi connectivity index (χ1n) is 8.94. The lowest BCUT2D eigenvalue weighted by molar-refractivity contribution is 0.0652. The van der Waals surface area contributed by atoms with Crippen molar-refractivity contribution >= 4 is 17.7 Å². The molecule has 3 N–H and O–H groups in total. The fraction of sp³-hybridized carbons (Fsp3) is 0.526. The molecule has 1 aromatic rings. The third kappa shape index (κ3) is 3.18. The number of hydrogen-bond acceptors (Lipinski definition) is 4. The summed E-state index contributed by atoms with van der Waals surface area (Å²) in [4.78, 5) is 38.7. The molecule has 1 aliphatic heterocycles. The van der Waals surface area contributed by atoms with Crippen molar-refractivity contribution in [2.75, 3.05) is 13.1 Å². The third-order valence-electron chi connectivity index (χ3n) is 5.27. The van der Waals surface area contributed by atoms with Gasteiger partial charge in [-0.15, -0.1) is 0 Å². The van der Waals surface area contributed by atoms with Crippen molar-refractivity contribution < 1.29 is 14.4 Å². The maximum absolute atomic E-state index is 12.6. The lowest BCUT2D eigenvalue weighted by Crippen LogP contribution is -2.53. The largest absolute Gasteiger partial charge is 0.345 e. The van der Waals surface area contributed by atoms with Gasteiger partial charge >= 0.3 is 0 Å². The first-order valence-corrected chi connectivity index (χ1v) is 8.94. The minimum absolute atomic E-state index is 0.255. The number of rotatable bonds is 7. The van der Waals surface area contributed by atoms with Gasteiger partial charge in [0.05, 0.1) is 16.7 Å². The van der Waals surface area contributed by atoms with Crippen molar-refractivity contribution in [3.63, 3.8) is 0 Å². The van der Waals surface area contributed by atoms with Crippen LogP contribution in [-0.2, 0) is 0 Å². The van der Waals surface area contributed by atoms with Crippen LogP contribution in [0.15, 0.2) is 18.2 Å². The van der Waals surface area contributed by atoms with Crippen molar-refractivity contribution in [1.29, 1.82) is 0 Å². The Kier molecular flexibility index (Phi) is 4.64. The van der Waals surface area contributed by atoms with Crippen molar-refractivity contribution in [3.8, 4) is 0 Å². The lowest BCUT2D eigenvalue weighted by Gasteiger charge is -2.29. The summed E-state index contributed by atoms with van der Waals surface area (Å²) in [5.74, 6) is -0.435. The first-order chi connectivity index (χ1) is 11.9. The Bertz CT molecular complexity index is 727. The average molecular weight is 343 g/mol. The number of nitrogens with one attached hydrogen (secondary N) is 1. The summed E-state index contributed by atoms with van der Waals surface area (Å²) in [5.41, 5.74) is 6.50. The molecule has 0 bridgehead atoms. The van der Waals surface area contributed by atoms with Gasteiger partial charge in [0, 0.05) is 18.7 Å². The summed E-state index contributed by atoms with van der Waals surface area (Å²) in [6.07, 6.45) is 3.81. The van der Waals surface area contributed by atoms with E-state index in [2.05, 4.69) is 5.32 Å². The van der Waals surface area contributed by atoms with E-state index in [4.69, 9.17) is 5.73 Å². The fourth-order valence-electron chi connectivity index (χ4n) is 3.32. The van der Waals surface area contributed by atoms with Crippen LogP contribution in [0.1, 0.15) is 70.6 Å². The standard InChI is InChI=1S/C19H25N3O3/c1-3-4-9-22-17(24)14-8-5-12(10-15(14)18(22)25)16(23)21-19(2,11-20)13-6-7-13/h5,8,10,13H,3-4,6-7,9,11,20H2,1-2H3,(H,21,23). The Morgan fingerprint density at radius 1 is 1.28 bits per heavy atom. The molecule has 1 aliphatic carbocycles. The van der Waals surface area contributed by atoms with Crippen molar-refractivity contribution in [2.24, 2.45) is 11.7 Å². The molecule has 0 radical (unpaired) electrons. The summed E-state index contributed by atoms with van der Waals surface area (Å²) in [6.45, 7) is 4.75. The number of amides is 3. The van der Waals surface area contributed by atoms with Gasteiger partial charge in [-0.05, 0) is 50.3 Å². The van der Waals surface area contributed by atoms with Crippen LogP contribution in [0.2, 0.25) is 0 Å². The summed E-state index contributed by atoms with van der Waals surface area (Å²) in [7, 11) is 0. The minimum atomic E-state index is -0.427. The van der Waals surface area contributed by atoms with Crippen LogP contribution < -0.4 is 11.1 Å². The molecule has 2 aliphatic rings. The topological polar surface area (TPSA) is 92.5 Å². The number of nitrogens with zero attached hydrogens (tertiary/aromatic N) is 1. The molecule has 1 saturated carbocycles. The van der Waals surface area contributed by atoms with Crippen molar-refractivity contribution in [2.45, 2.75) is 45.1 Å². The van der Waals surface area contributed by atoms with E-state index < -0.39 is 5.54 Å². The van der Waals surface area contributed by atoms with Crippen molar-refractivity contribution in [1.82, 2.24) is 10.2 Å². The molecule has 1 fully saturated rings. The SMILES string of the molecule is CCCCN1C(=O)c2ccc(C(=O)NC(C)(CN)C3CC3)cc2C1=O. The van der Waals surface area contributed by atoms with E-state index in [0.29, 0.717) is 35.7 Å². The minimum Gasteiger partial charge on any atom is -0.345 e. The smallest absolute Gasteiger partial charge is 0.261 e. The van der Waals surface area contributed by atoms with E-state index in [1.165, 1.54) is 11.0 Å². The second-order valence-corrected chi connectivity index (χ2v) is 7.23. The highest BCUT2D eigenvalue weighted by Gasteiger charge is 2.42. The number of nitrogens with two attached hydrogens (primary N) is 1. The molecule has 134 valence electrons. The summed E-state index contributed by atoms with van der Waals surface area (Å²) >= 11 is 0. The highest BCUT2D eigenvalue weighted by molar-refractivity contribution is 6.22. The summed E-state index contributed by atoms with van der Waals surface area (Å²) < 4.78 is 0. The molecule has 1 heterocycles. The molecule has 6 heteroatoms. The third-order valence-corrected chi connectivity index (χ3v) is 5.27. The van der Waals surface area contributed by atoms with Gasteiger partial charge in [0.15, 0.2) is 0 Å². The number of carbonyl (C=O) groups is 3. The molecule has 0 spiro atoms. The fourth-order valence-corrected chi connectivity index (χ4v) is 3.32. The highest BCUT2D eigenvalue weighted by atomic mass is 16.2. The monoisotopic (exact) mass is 343 g/mol. The summed E-state index contributed by atoms with van der Waals surface area (Å²) in [5, 5.41) is 3.01. The van der Waals surface area contributed by atoms with E-state index in [1.807, 2.05) is 13.8 Å². The molecule has 1 unspecified atom stereocenters. The molecule has 0 saturated heterocycles. The maximum atomic E-state index is 12.6. The zero-order valence-corrected chi connectivity index (χ0v) is 14.8.